The SMILES string of the molecule is Cc1cccc(N2C[C@@H](C(=O)Nc3ccccc3C(=O)NC3CCCC3)CC2=O)c1. The van der Waals surface area contributed by atoms with Gasteiger partial charge < -0.3 is 15.5 Å². The van der Waals surface area contributed by atoms with E-state index in [1.54, 1.807) is 29.2 Å². The normalized spacial score (nSPS) is 19.2. The van der Waals surface area contributed by atoms with Crippen molar-refractivity contribution in [2.45, 2.75) is 45.1 Å². The van der Waals surface area contributed by atoms with E-state index in [9.17, 15) is 14.4 Å². The Morgan fingerprint density at radius 1 is 1.03 bits per heavy atom. The molecule has 6 heteroatoms. The van der Waals surface area contributed by atoms with Gasteiger partial charge in [-0.3, -0.25) is 14.4 Å². The number of para-hydroxylation sites is 1. The van der Waals surface area contributed by atoms with Gasteiger partial charge in [0.05, 0.1) is 17.2 Å². The standard InChI is InChI=1S/C24H27N3O3/c1-16-7-6-10-19(13-16)27-15-17(14-22(27)28)23(29)26-21-12-5-4-11-20(21)24(30)25-18-8-2-3-9-18/h4-7,10-13,17-18H,2-3,8-9,14-15H2,1H3,(H,25,30)(H,26,29)/t17-/m0/s1. The summed E-state index contributed by atoms with van der Waals surface area (Å²) < 4.78 is 0. The van der Waals surface area contributed by atoms with E-state index in [-0.39, 0.29) is 30.2 Å². The maximum atomic E-state index is 12.9. The van der Waals surface area contributed by atoms with E-state index in [2.05, 4.69) is 10.6 Å². The molecule has 0 bridgehead atoms. The second-order valence-corrected chi connectivity index (χ2v) is 8.23. The van der Waals surface area contributed by atoms with Crippen molar-refractivity contribution in [3.63, 3.8) is 0 Å². The average molecular weight is 405 g/mol. The van der Waals surface area contributed by atoms with E-state index >= 15 is 0 Å². The van der Waals surface area contributed by atoms with Crippen LogP contribution in [0.3, 0.4) is 0 Å². The Hall–Kier alpha value is -3.15. The number of amides is 3. The smallest absolute Gasteiger partial charge is 0.253 e. The van der Waals surface area contributed by atoms with Crippen LogP contribution < -0.4 is 15.5 Å². The first kappa shape index (κ1) is 20.1. The quantitative estimate of drug-likeness (QED) is 0.797. The minimum absolute atomic E-state index is 0.0620. The molecular formula is C24H27N3O3. The fourth-order valence-corrected chi connectivity index (χ4v) is 4.29. The molecule has 4 rings (SSSR count). The van der Waals surface area contributed by atoms with Crippen molar-refractivity contribution < 1.29 is 14.4 Å². The van der Waals surface area contributed by atoms with Gasteiger partial charge in [0.2, 0.25) is 11.8 Å². The summed E-state index contributed by atoms with van der Waals surface area (Å²) in [5.41, 5.74) is 2.82. The Morgan fingerprint density at radius 2 is 1.80 bits per heavy atom. The van der Waals surface area contributed by atoms with E-state index in [0.717, 1.165) is 36.9 Å². The lowest BCUT2D eigenvalue weighted by molar-refractivity contribution is -0.122. The van der Waals surface area contributed by atoms with Crippen molar-refractivity contribution in [2.24, 2.45) is 5.92 Å². The minimum Gasteiger partial charge on any atom is -0.349 e. The molecule has 2 fully saturated rings. The van der Waals surface area contributed by atoms with Crippen LogP contribution in [0, 0.1) is 12.8 Å². The van der Waals surface area contributed by atoms with Gasteiger partial charge in [0, 0.05) is 24.7 Å². The van der Waals surface area contributed by atoms with Crippen LogP contribution in [0.25, 0.3) is 0 Å². The molecule has 1 saturated carbocycles. The van der Waals surface area contributed by atoms with Gasteiger partial charge in [0.15, 0.2) is 0 Å². The zero-order valence-corrected chi connectivity index (χ0v) is 17.2. The first-order valence-corrected chi connectivity index (χ1v) is 10.6. The Balaban J connectivity index is 1.44. The molecule has 1 aliphatic heterocycles. The molecule has 1 atom stereocenters. The predicted octanol–water partition coefficient (Wildman–Crippen LogP) is 3.66. The fourth-order valence-electron chi connectivity index (χ4n) is 4.29. The molecule has 156 valence electrons. The lowest BCUT2D eigenvalue weighted by Gasteiger charge is -2.18. The third-order valence-electron chi connectivity index (χ3n) is 5.93. The number of hydrogen-bond donors (Lipinski definition) is 2. The zero-order valence-electron chi connectivity index (χ0n) is 17.2. The maximum absolute atomic E-state index is 12.9. The molecule has 30 heavy (non-hydrogen) atoms. The van der Waals surface area contributed by atoms with E-state index < -0.39 is 5.92 Å². The number of aryl methyl sites for hydroxylation is 1. The van der Waals surface area contributed by atoms with E-state index in [1.807, 2.05) is 31.2 Å². The lowest BCUT2D eigenvalue weighted by Crippen LogP contribution is -2.34. The van der Waals surface area contributed by atoms with E-state index in [0.29, 0.717) is 17.8 Å². The summed E-state index contributed by atoms with van der Waals surface area (Å²) in [6.07, 6.45) is 4.43. The van der Waals surface area contributed by atoms with Gasteiger partial charge in [-0.2, -0.15) is 0 Å². The summed E-state index contributed by atoms with van der Waals surface area (Å²) >= 11 is 0. The number of nitrogens with one attached hydrogen (secondary N) is 2. The molecule has 6 nitrogen and oxygen atoms in total. The monoisotopic (exact) mass is 405 g/mol. The topological polar surface area (TPSA) is 78.5 Å². The Bertz CT molecular complexity index is 966. The van der Waals surface area contributed by atoms with Crippen LogP contribution >= 0.6 is 0 Å². The highest BCUT2D eigenvalue weighted by molar-refractivity contribution is 6.07. The van der Waals surface area contributed by atoms with Gasteiger partial charge in [-0.15, -0.1) is 0 Å². The predicted molar refractivity (Wildman–Crippen MR) is 116 cm³/mol. The van der Waals surface area contributed by atoms with Crippen LogP contribution in [0.5, 0.6) is 0 Å². The first-order valence-electron chi connectivity index (χ1n) is 10.6. The number of carbonyl (C=O) groups is 3. The average Bonchev–Trinajstić information content (AvgIpc) is 3.38. The molecule has 2 aromatic rings. The van der Waals surface area contributed by atoms with E-state index in [1.165, 1.54) is 0 Å². The highest BCUT2D eigenvalue weighted by atomic mass is 16.2. The molecule has 0 unspecified atom stereocenters. The first-order chi connectivity index (χ1) is 14.5. The molecule has 2 aromatic carbocycles. The third kappa shape index (κ3) is 4.37. The van der Waals surface area contributed by atoms with Gasteiger partial charge in [-0.05, 0) is 49.6 Å². The van der Waals surface area contributed by atoms with E-state index in [4.69, 9.17) is 0 Å². The highest BCUT2D eigenvalue weighted by Crippen LogP contribution is 2.27. The number of benzene rings is 2. The molecule has 2 aliphatic rings. The molecule has 0 radical (unpaired) electrons. The summed E-state index contributed by atoms with van der Waals surface area (Å²) in [5.74, 6) is -0.918. The van der Waals surface area contributed by atoms with Crippen molar-refractivity contribution in [2.75, 3.05) is 16.8 Å². The lowest BCUT2D eigenvalue weighted by atomic mass is 10.1. The van der Waals surface area contributed by atoms with Crippen molar-refractivity contribution in [1.82, 2.24) is 5.32 Å². The van der Waals surface area contributed by atoms with Gasteiger partial charge in [0.25, 0.3) is 5.91 Å². The molecule has 1 aliphatic carbocycles. The summed E-state index contributed by atoms with van der Waals surface area (Å²) in [4.78, 5) is 39.8. The fraction of sp³-hybridized carbons (Fsp3) is 0.375. The van der Waals surface area contributed by atoms with Crippen LogP contribution in [0.15, 0.2) is 48.5 Å². The van der Waals surface area contributed by atoms with Crippen molar-refractivity contribution >= 4 is 29.1 Å². The van der Waals surface area contributed by atoms with Crippen molar-refractivity contribution in [3.8, 4) is 0 Å². The second kappa shape index (κ2) is 8.69. The third-order valence-corrected chi connectivity index (χ3v) is 5.93. The van der Waals surface area contributed by atoms with Crippen molar-refractivity contribution in [1.29, 1.82) is 0 Å². The maximum Gasteiger partial charge on any atom is 0.253 e. The summed E-state index contributed by atoms with van der Waals surface area (Å²) in [5, 5.41) is 5.95. The van der Waals surface area contributed by atoms with Crippen LogP contribution in [0.1, 0.15) is 48.0 Å². The molecule has 1 saturated heterocycles. The van der Waals surface area contributed by atoms with Crippen LogP contribution in [-0.4, -0.2) is 30.3 Å². The summed E-state index contributed by atoms with van der Waals surface area (Å²) in [7, 11) is 0. The second-order valence-electron chi connectivity index (χ2n) is 8.23. The summed E-state index contributed by atoms with van der Waals surface area (Å²) in [6.45, 7) is 2.31. The molecular weight excluding hydrogens is 378 g/mol. The van der Waals surface area contributed by atoms with Gasteiger partial charge in [-0.1, -0.05) is 37.1 Å². The van der Waals surface area contributed by atoms with Crippen molar-refractivity contribution in [3.05, 3.63) is 59.7 Å². The van der Waals surface area contributed by atoms with Crippen LogP contribution in [-0.2, 0) is 9.59 Å². The Kier molecular flexibility index (Phi) is 5.84. The van der Waals surface area contributed by atoms with Gasteiger partial charge in [-0.25, -0.2) is 0 Å². The number of hydrogen-bond acceptors (Lipinski definition) is 3. The number of nitrogens with zero attached hydrogens (tertiary/aromatic N) is 1. The molecule has 3 amide bonds. The molecule has 2 N–H and O–H groups in total. The largest absolute Gasteiger partial charge is 0.349 e. The molecule has 0 aromatic heterocycles. The number of anilines is 2. The van der Waals surface area contributed by atoms with Gasteiger partial charge >= 0.3 is 0 Å². The minimum atomic E-state index is -0.455. The number of rotatable bonds is 5. The highest BCUT2D eigenvalue weighted by Gasteiger charge is 2.35. The van der Waals surface area contributed by atoms with Gasteiger partial charge in [0.1, 0.15) is 0 Å². The molecule has 1 heterocycles. The Labute approximate surface area is 176 Å². The van der Waals surface area contributed by atoms with Crippen LogP contribution in [0.4, 0.5) is 11.4 Å². The number of carbonyl (C=O) groups excluding carboxylic acids is 3. The molecule has 0 spiro atoms. The Morgan fingerprint density at radius 3 is 2.57 bits per heavy atom. The summed E-state index contributed by atoms with van der Waals surface area (Å²) in [6, 6.07) is 15.0. The zero-order chi connectivity index (χ0) is 21.1. The van der Waals surface area contributed by atoms with Crippen LogP contribution in [0.2, 0.25) is 0 Å².